The van der Waals surface area contributed by atoms with Crippen LogP contribution in [-0.4, -0.2) is 6.61 Å². The van der Waals surface area contributed by atoms with Gasteiger partial charge in [0.2, 0.25) is 0 Å². The second kappa shape index (κ2) is 6.03. The first kappa shape index (κ1) is 12.4. The molecular weight excluding hydrogens is 214 g/mol. The summed E-state index contributed by atoms with van der Waals surface area (Å²) >= 11 is 0. The molecule has 1 heterocycles. The highest BCUT2D eigenvalue weighted by Gasteiger charge is 2.18. The molecule has 0 spiro atoms. The molecule has 0 radical (unpaired) electrons. The first-order chi connectivity index (χ1) is 8.31. The highest BCUT2D eigenvalue weighted by Crippen LogP contribution is 2.25. The third-order valence-electron chi connectivity index (χ3n) is 3.53. The lowest BCUT2D eigenvalue weighted by Crippen LogP contribution is -2.19. The van der Waals surface area contributed by atoms with E-state index in [9.17, 15) is 0 Å². The molecule has 2 unspecified atom stereocenters. The summed E-state index contributed by atoms with van der Waals surface area (Å²) in [6.07, 6.45) is 8.51. The van der Waals surface area contributed by atoms with E-state index >= 15 is 0 Å². The van der Waals surface area contributed by atoms with Gasteiger partial charge in [-0.15, -0.1) is 0 Å². The molecule has 0 aliphatic heterocycles. The topological polar surface area (TPSA) is 48.4 Å². The van der Waals surface area contributed by atoms with Crippen molar-refractivity contribution in [2.75, 3.05) is 6.61 Å². The van der Waals surface area contributed by atoms with Crippen molar-refractivity contribution in [3.8, 4) is 0 Å². The monoisotopic (exact) mass is 235 g/mol. The van der Waals surface area contributed by atoms with Crippen LogP contribution in [0.25, 0.3) is 0 Å². The van der Waals surface area contributed by atoms with E-state index in [0.29, 0.717) is 19.1 Å². The summed E-state index contributed by atoms with van der Waals surface area (Å²) in [5.41, 5.74) is 6.65. The van der Waals surface area contributed by atoms with E-state index in [1.54, 1.807) is 6.26 Å². The van der Waals surface area contributed by atoms with Crippen LogP contribution in [0.15, 0.2) is 28.9 Å². The lowest BCUT2D eigenvalue weighted by Gasteiger charge is -2.24. The largest absolute Gasteiger partial charge is 0.468 e. The maximum Gasteiger partial charge on any atom is 0.122 e. The summed E-state index contributed by atoms with van der Waals surface area (Å²) in [6.45, 7) is 4.16. The van der Waals surface area contributed by atoms with Gasteiger partial charge in [-0.1, -0.05) is 19.1 Å². The fraction of sp³-hybridized carbons (Fsp3) is 0.571. The lowest BCUT2D eigenvalue weighted by molar-refractivity contribution is 0.0672. The van der Waals surface area contributed by atoms with Gasteiger partial charge in [0, 0.05) is 5.56 Å². The van der Waals surface area contributed by atoms with Crippen molar-refractivity contribution in [1.82, 2.24) is 0 Å². The minimum atomic E-state index is 0.439. The molecule has 1 aromatic heterocycles. The molecule has 2 rings (SSSR count). The molecule has 17 heavy (non-hydrogen) atoms. The van der Waals surface area contributed by atoms with E-state index in [4.69, 9.17) is 14.9 Å². The molecule has 1 aliphatic carbocycles. The fourth-order valence-corrected chi connectivity index (χ4v) is 2.23. The van der Waals surface area contributed by atoms with Gasteiger partial charge in [-0.3, -0.25) is 0 Å². The van der Waals surface area contributed by atoms with Crippen LogP contribution in [0, 0.1) is 11.8 Å². The number of furan rings is 1. The van der Waals surface area contributed by atoms with Crippen molar-refractivity contribution in [2.24, 2.45) is 17.6 Å². The predicted molar refractivity (Wildman–Crippen MR) is 67.3 cm³/mol. The lowest BCUT2D eigenvalue weighted by atomic mass is 9.85. The van der Waals surface area contributed by atoms with Crippen molar-refractivity contribution in [3.05, 3.63) is 35.8 Å². The van der Waals surface area contributed by atoms with Gasteiger partial charge in [-0.25, -0.2) is 0 Å². The van der Waals surface area contributed by atoms with Crippen LogP contribution >= 0.6 is 0 Å². The molecule has 0 saturated heterocycles. The smallest absolute Gasteiger partial charge is 0.122 e. The molecule has 3 heteroatoms. The number of rotatable bonds is 5. The Morgan fingerprint density at radius 1 is 1.41 bits per heavy atom. The van der Waals surface area contributed by atoms with Gasteiger partial charge in [0.25, 0.3) is 0 Å². The minimum absolute atomic E-state index is 0.439. The van der Waals surface area contributed by atoms with Gasteiger partial charge in [-0.2, -0.15) is 0 Å². The molecule has 2 atom stereocenters. The zero-order chi connectivity index (χ0) is 12.1. The maximum atomic E-state index is 5.78. The molecule has 0 bridgehead atoms. The van der Waals surface area contributed by atoms with Crippen LogP contribution in [0.2, 0.25) is 0 Å². The van der Waals surface area contributed by atoms with Gasteiger partial charge in [0.05, 0.1) is 26.0 Å². The predicted octanol–water partition coefficient (Wildman–Crippen LogP) is 2.86. The third-order valence-corrected chi connectivity index (χ3v) is 3.53. The van der Waals surface area contributed by atoms with Crippen LogP contribution in [0.5, 0.6) is 0 Å². The molecule has 0 aromatic carbocycles. The molecule has 1 aliphatic rings. The van der Waals surface area contributed by atoms with Crippen molar-refractivity contribution in [1.29, 1.82) is 0 Å². The van der Waals surface area contributed by atoms with Gasteiger partial charge in [0.1, 0.15) is 5.76 Å². The maximum absolute atomic E-state index is 5.78. The first-order valence-corrected chi connectivity index (χ1v) is 6.29. The van der Waals surface area contributed by atoms with Crippen LogP contribution in [0.3, 0.4) is 0 Å². The first-order valence-electron chi connectivity index (χ1n) is 6.29. The van der Waals surface area contributed by atoms with E-state index in [0.717, 1.165) is 30.3 Å². The highest BCUT2D eigenvalue weighted by molar-refractivity contribution is 5.15. The Labute approximate surface area is 103 Å². The van der Waals surface area contributed by atoms with Crippen molar-refractivity contribution in [3.63, 3.8) is 0 Å². The van der Waals surface area contributed by atoms with Gasteiger partial charge in [0.15, 0.2) is 0 Å². The zero-order valence-corrected chi connectivity index (χ0v) is 10.4. The van der Waals surface area contributed by atoms with Crippen LogP contribution in [-0.2, 0) is 17.9 Å². The number of nitrogens with two attached hydrogens (primary N) is 1. The fourth-order valence-electron chi connectivity index (χ4n) is 2.23. The number of allylic oxidation sites excluding steroid dienone is 2. The third kappa shape index (κ3) is 3.20. The molecule has 94 valence electrons. The Balaban J connectivity index is 1.77. The Hall–Kier alpha value is -1.06. The Morgan fingerprint density at radius 3 is 3.00 bits per heavy atom. The minimum Gasteiger partial charge on any atom is -0.468 e. The van der Waals surface area contributed by atoms with Gasteiger partial charge in [-0.05, 0) is 30.7 Å². The van der Waals surface area contributed by atoms with E-state index in [-0.39, 0.29) is 0 Å². The number of ether oxygens (including phenoxy) is 1. The molecule has 0 fully saturated rings. The zero-order valence-electron chi connectivity index (χ0n) is 10.4. The van der Waals surface area contributed by atoms with E-state index < -0.39 is 0 Å². The molecule has 1 aromatic rings. The molecule has 0 amide bonds. The summed E-state index contributed by atoms with van der Waals surface area (Å²) < 4.78 is 11.0. The summed E-state index contributed by atoms with van der Waals surface area (Å²) in [5.74, 6) is 2.20. The van der Waals surface area contributed by atoms with Crippen LogP contribution in [0.1, 0.15) is 31.1 Å². The quantitative estimate of drug-likeness (QED) is 0.798. The van der Waals surface area contributed by atoms with E-state index in [1.165, 1.54) is 6.42 Å². The molecule has 0 saturated carbocycles. The van der Waals surface area contributed by atoms with Crippen molar-refractivity contribution in [2.45, 2.75) is 32.9 Å². The Bertz CT molecular complexity index is 370. The summed E-state index contributed by atoms with van der Waals surface area (Å²) in [5, 5.41) is 0. The molecular formula is C14H21NO2. The van der Waals surface area contributed by atoms with Crippen LogP contribution in [0.4, 0.5) is 0 Å². The standard InChI is InChI=1S/C14H21NO2/c1-11-4-2-3-5-12(11)9-16-10-13-6-7-17-14(13)8-15/h2-3,6-7,11-12H,4-5,8-10,15H2,1H3. The van der Waals surface area contributed by atoms with Gasteiger partial charge < -0.3 is 14.9 Å². The SMILES string of the molecule is CC1CC=CCC1COCc1ccoc1CN. The van der Waals surface area contributed by atoms with E-state index in [1.807, 2.05) is 6.07 Å². The van der Waals surface area contributed by atoms with Gasteiger partial charge >= 0.3 is 0 Å². The second-order valence-corrected chi connectivity index (χ2v) is 4.77. The average molecular weight is 235 g/mol. The van der Waals surface area contributed by atoms with Crippen molar-refractivity contribution >= 4 is 0 Å². The average Bonchev–Trinajstić information content (AvgIpc) is 2.79. The second-order valence-electron chi connectivity index (χ2n) is 4.77. The Morgan fingerprint density at radius 2 is 2.24 bits per heavy atom. The summed E-state index contributed by atoms with van der Waals surface area (Å²) in [7, 11) is 0. The molecule has 2 N–H and O–H groups in total. The van der Waals surface area contributed by atoms with E-state index in [2.05, 4.69) is 19.1 Å². The normalized spacial score (nSPS) is 24.1. The van der Waals surface area contributed by atoms with Crippen molar-refractivity contribution < 1.29 is 9.15 Å². The molecule has 3 nitrogen and oxygen atoms in total. The summed E-state index contributed by atoms with van der Waals surface area (Å²) in [4.78, 5) is 0. The van der Waals surface area contributed by atoms with Crippen LogP contribution < -0.4 is 5.73 Å². The number of hydrogen-bond donors (Lipinski definition) is 1. The highest BCUT2D eigenvalue weighted by atomic mass is 16.5. The Kier molecular flexibility index (Phi) is 4.40. The summed E-state index contributed by atoms with van der Waals surface area (Å²) in [6, 6.07) is 1.94. The number of hydrogen-bond acceptors (Lipinski definition) is 3.